The highest BCUT2D eigenvalue weighted by Crippen LogP contribution is 2.19. The van der Waals surface area contributed by atoms with Crippen LogP contribution in [-0.2, 0) is 6.42 Å². The van der Waals surface area contributed by atoms with Crippen LogP contribution in [0.1, 0.15) is 34.5 Å². The Bertz CT molecular complexity index is 857. The molecule has 3 rings (SSSR count). The third kappa shape index (κ3) is 4.71. The molecule has 0 saturated heterocycles. The smallest absolute Gasteiger partial charge is 0.267 e. The number of hydrogen-bond donors (Lipinski definition) is 4. The fraction of sp³-hybridized carbons (Fsp3) is 0.286. The number of aromatic nitrogens is 1. The van der Waals surface area contributed by atoms with Crippen molar-refractivity contribution in [2.75, 3.05) is 13.1 Å². The van der Waals surface area contributed by atoms with Crippen LogP contribution in [0, 0.1) is 0 Å². The van der Waals surface area contributed by atoms with E-state index in [1.807, 2.05) is 30.3 Å². The van der Waals surface area contributed by atoms with Crippen molar-refractivity contribution in [2.45, 2.75) is 25.3 Å². The molecular weight excluding hydrogens is 324 g/mol. The summed E-state index contributed by atoms with van der Waals surface area (Å²) in [6.07, 6.45) is 2.55. The molecule has 1 amide bonds. The van der Waals surface area contributed by atoms with Crippen LogP contribution >= 0.6 is 0 Å². The Morgan fingerprint density at radius 3 is 2.65 bits per heavy atom. The first-order chi connectivity index (χ1) is 12.7. The van der Waals surface area contributed by atoms with Crippen molar-refractivity contribution in [3.05, 3.63) is 71.4 Å². The van der Waals surface area contributed by atoms with Crippen molar-refractivity contribution in [1.82, 2.24) is 10.3 Å². The van der Waals surface area contributed by atoms with Gasteiger partial charge in [-0.3, -0.25) is 4.79 Å². The number of amides is 1. The summed E-state index contributed by atoms with van der Waals surface area (Å²) in [5, 5.41) is 3.91. The van der Waals surface area contributed by atoms with Crippen LogP contribution < -0.4 is 16.8 Å². The van der Waals surface area contributed by atoms with E-state index in [0.29, 0.717) is 18.8 Å². The number of nitrogens with two attached hydrogens (primary N) is 2. The molecule has 1 heterocycles. The number of aromatic amines is 1. The van der Waals surface area contributed by atoms with Crippen LogP contribution in [0.4, 0.5) is 0 Å². The molecule has 5 heteroatoms. The van der Waals surface area contributed by atoms with Gasteiger partial charge >= 0.3 is 0 Å². The molecule has 1 aromatic heterocycles. The predicted octanol–water partition coefficient (Wildman–Crippen LogP) is 2.55. The Balaban J connectivity index is 1.66. The largest absolute Gasteiger partial charge is 0.351 e. The monoisotopic (exact) mass is 350 g/mol. The molecule has 0 spiro atoms. The van der Waals surface area contributed by atoms with E-state index in [9.17, 15) is 4.79 Å². The quantitative estimate of drug-likeness (QED) is 0.503. The highest BCUT2D eigenvalue weighted by atomic mass is 16.1. The molecule has 3 aromatic rings. The molecule has 5 nitrogen and oxygen atoms in total. The van der Waals surface area contributed by atoms with Gasteiger partial charge in [-0.15, -0.1) is 0 Å². The van der Waals surface area contributed by atoms with E-state index in [0.717, 1.165) is 30.2 Å². The second kappa shape index (κ2) is 8.65. The minimum Gasteiger partial charge on any atom is -0.351 e. The van der Waals surface area contributed by atoms with Gasteiger partial charge in [0, 0.05) is 23.5 Å². The molecule has 6 N–H and O–H groups in total. The third-order valence-electron chi connectivity index (χ3n) is 4.49. The van der Waals surface area contributed by atoms with Gasteiger partial charge in [0.1, 0.15) is 5.69 Å². The second-order valence-electron chi connectivity index (χ2n) is 6.67. The van der Waals surface area contributed by atoms with Crippen LogP contribution in [0.25, 0.3) is 10.9 Å². The maximum atomic E-state index is 12.3. The van der Waals surface area contributed by atoms with E-state index in [1.165, 1.54) is 11.1 Å². The summed E-state index contributed by atoms with van der Waals surface area (Å²) in [6.45, 7) is 1.07. The van der Waals surface area contributed by atoms with Gasteiger partial charge < -0.3 is 21.8 Å². The van der Waals surface area contributed by atoms with Crippen molar-refractivity contribution >= 4 is 16.8 Å². The Labute approximate surface area is 153 Å². The summed E-state index contributed by atoms with van der Waals surface area (Å²) in [4.78, 5) is 15.6. The lowest BCUT2D eigenvalue weighted by Crippen LogP contribution is -2.37. The van der Waals surface area contributed by atoms with E-state index in [1.54, 1.807) is 0 Å². The third-order valence-corrected chi connectivity index (χ3v) is 4.49. The van der Waals surface area contributed by atoms with Crippen LogP contribution in [0.15, 0.2) is 54.6 Å². The zero-order chi connectivity index (χ0) is 18.4. The van der Waals surface area contributed by atoms with Gasteiger partial charge in [-0.1, -0.05) is 42.5 Å². The van der Waals surface area contributed by atoms with E-state index in [-0.39, 0.29) is 11.9 Å². The Kier molecular flexibility index (Phi) is 6.04. The molecule has 0 saturated carbocycles. The standard InChI is InChI=1S/C21H26N4O/c22-10-4-7-18(23)14-24-21(26)20-13-17-9-8-16(12-19(17)25-20)11-15-5-2-1-3-6-15/h1-3,5-6,8-9,12-13,18,25H,4,7,10-11,14,22-23H2,(H,24,26)/t18-/m1/s1. The van der Waals surface area contributed by atoms with E-state index in [2.05, 4.69) is 34.6 Å². The SMILES string of the molecule is NCCC[C@@H](N)CNC(=O)c1cc2ccc(Cc3ccccc3)cc2[nH]1. The number of H-pyrrole nitrogens is 1. The second-order valence-corrected chi connectivity index (χ2v) is 6.67. The zero-order valence-electron chi connectivity index (χ0n) is 14.9. The summed E-state index contributed by atoms with van der Waals surface area (Å²) in [5.74, 6) is -0.131. The number of carbonyl (C=O) groups excluding carboxylic acids is 1. The number of rotatable bonds is 8. The molecule has 0 aliphatic heterocycles. The van der Waals surface area contributed by atoms with Crippen molar-refractivity contribution in [3.63, 3.8) is 0 Å². The molecule has 0 aliphatic carbocycles. The van der Waals surface area contributed by atoms with Crippen LogP contribution in [0.5, 0.6) is 0 Å². The number of benzene rings is 2. The maximum absolute atomic E-state index is 12.3. The molecule has 1 atom stereocenters. The minimum atomic E-state index is -0.131. The fourth-order valence-corrected chi connectivity index (χ4v) is 3.04. The summed E-state index contributed by atoms with van der Waals surface area (Å²) in [6, 6.07) is 18.4. The van der Waals surface area contributed by atoms with Gasteiger partial charge in [0.2, 0.25) is 0 Å². The normalized spacial score (nSPS) is 12.2. The highest BCUT2D eigenvalue weighted by Gasteiger charge is 2.11. The molecule has 0 unspecified atom stereocenters. The maximum Gasteiger partial charge on any atom is 0.267 e. The lowest BCUT2D eigenvalue weighted by Gasteiger charge is -2.11. The first-order valence-electron chi connectivity index (χ1n) is 9.05. The first kappa shape index (κ1) is 18.2. The van der Waals surface area contributed by atoms with Gasteiger partial charge in [-0.2, -0.15) is 0 Å². The van der Waals surface area contributed by atoms with E-state index >= 15 is 0 Å². The van der Waals surface area contributed by atoms with Gasteiger partial charge in [-0.25, -0.2) is 0 Å². The Hall–Kier alpha value is -2.63. The molecule has 136 valence electrons. The van der Waals surface area contributed by atoms with Crippen molar-refractivity contribution in [3.8, 4) is 0 Å². The summed E-state index contributed by atoms with van der Waals surface area (Å²) in [7, 11) is 0. The van der Waals surface area contributed by atoms with Crippen LogP contribution in [-0.4, -0.2) is 30.0 Å². The molecule has 0 radical (unpaired) electrons. The number of hydrogen-bond acceptors (Lipinski definition) is 3. The van der Waals surface area contributed by atoms with Crippen LogP contribution in [0.2, 0.25) is 0 Å². The van der Waals surface area contributed by atoms with E-state index in [4.69, 9.17) is 11.5 Å². The average molecular weight is 350 g/mol. The van der Waals surface area contributed by atoms with Gasteiger partial charge in [0.05, 0.1) is 0 Å². The highest BCUT2D eigenvalue weighted by molar-refractivity contribution is 5.98. The average Bonchev–Trinajstić information content (AvgIpc) is 3.08. The molecule has 0 bridgehead atoms. The van der Waals surface area contributed by atoms with E-state index < -0.39 is 0 Å². The number of carbonyl (C=O) groups is 1. The lowest BCUT2D eigenvalue weighted by molar-refractivity contribution is 0.0946. The van der Waals surface area contributed by atoms with Crippen molar-refractivity contribution < 1.29 is 4.79 Å². The lowest BCUT2D eigenvalue weighted by atomic mass is 10.0. The summed E-state index contributed by atoms with van der Waals surface area (Å²) in [5.41, 5.74) is 15.5. The molecule has 0 fully saturated rings. The first-order valence-corrected chi connectivity index (χ1v) is 9.05. The Morgan fingerprint density at radius 1 is 1.08 bits per heavy atom. The molecule has 2 aromatic carbocycles. The molecule has 0 aliphatic rings. The molecule has 26 heavy (non-hydrogen) atoms. The summed E-state index contributed by atoms with van der Waals surface area (Å²) < 4.78 is 0. The number of nitrogens with one attached hydrogen (secondary N) is 2. The fourth-order valence-electron chi connectivity index (χ4n) is 3.04. The Morgan fingerprint density at radius 2 is 1.88 bits per heavy atom. The van der Waals surface area contributed by atoms with Crippen molar-refractivity contribution in [2.24, 2.45) is 11.5 Å². The van der Waals surface area contributed by atoms with Crippen molar-refractivity contribution in [1.29, 1.82) is 0 Å². The summed E-state index contributed by atoms with van der Waals surface area (Å²) >= 11 is 0. The topological polar surface area (TPSA) is 96.9 Å². The number of fused-ring (bicyclic) bond motifs is 1. The van der Waals surface area contributed by atoms with Gasteiger partial charge in [-0.05, 0) is 49.1 Å². The predicted molar refractivity (Wildman–Crippen MR) is 106 cm³/mol. The van der Waals surface area contributed by atoms with Crippen LogP contribution in [0.3, 0.4) is 0 Å². The zero-order valence-corrected chi connectivity index (χ0v) is 14.9. The van der Waals surface area contributed by atoms with Gasteiger partial charge in [0.25, 0.3) is 5.91 Å². The molecular formula is C21H26N4O. The van der Waals surface area contributed by atoms with Gasteiger partial charge in [0.15, 0.2) is 0 Å². The minimum absolute atomic E-state index is 0.0654.